The Morgan fingerprint density at radius 2 is 2.00 bits per heavy atom. The zero-order chi connectivity index (χ0) is 16.2. The summed E-state index contributed by atoms with van der Waals surface area (Å²) in [7, 11) is -3.47. The van der Waals surface area contributed by atoms with Crippen molar-refractivity contribution in [3.05, 3.63) is 28.5 Å². The molecule has 0 saturated heterocycles. The number of hydrogen-bond donors (Lipinski definition) is 1. The second-order valence-electron chi connectivity index (χ2n) is 5.63. The van der Waals surface area contributed by atoms with Gasteiger partial charge in [0.1, 0.15) is 0 Å². The number of thiophene rings is 1. The maximum Gasteiger partial charge on any atom is 0.244 e. The second-order valence-corrected chi connectivity index (χ2v) is 8.83. The normalized spacial score (nSPS) is 12.6. The van der Waals surface area contributed by atoms with E-state index in [1.807, 2.05) is 20.8 Å². The lowest BCUT2D eigenvalue weighted by Crippen LogP contribution is -2.37. The highest BCUT2D eigenvalue weighted by Crippen LogP contribution is 2.29. The zero-order valence-electron chi connectivity index (χ0n) is 13.5. The van der Waals surface area contributed by atoms with Crippen LogP contribution >= 0.6 is 11.3 Å². The standard InChI is InChI=1S/C15H26N2O2S2/c1-7-8-17(12(4)5)21(18,19)15-9-14(20-13(15)6)10-16-11(2)3/h7,9,11-12,16H,1,8,10H2,2-6H3. The van der Waals surface area contributed by atoms with Crippen molar-refractivity contribution in [1.29, 1.82) is 0 Å². The lowest BCUT2D eigenvalue weighted by Gasteiger charge is -2.24. The lowest BCUT2D eigenvalue weighted by molar-refractivity contribution is 0.383. The van der Waals surface area contributed by atoms with Gasteiger partial charge < -0.3 is 5.32 Å². The van der Waals surface area contributed by atoms with Gasteiger partial charge in [-0.15, -0.1) is 17.9 Å². The van der Waals surface area contributed by atoms with Crippen molar-refractivity contribution in [3.63, 3.8) is 0 Å². The number of nitrogens with one attached hydrogen (secondary N) is 1. The molecule has 0 atom stereocenters. The summed E-state index contributed by atoms with van der Waals surface area (Å²) in [5.74, 6) is 0. The molecule has 4 nitrogen and oxygen atoms in total. The Balaban J connectivity index is 3.10. The molecule has 0 saturated carbocycles. The van der Waals surface area contributed by atoms with Crippen molar-refractivity contribution >= 4 is 21.4 Å². The molecule has 0 bridgehead atoms. The fourth-order valence-corrected chi connectivity index (χ4v) is 5.18. The summed E-state index contributed by atoms with van der Waals surface area (Å²) in [6, 6.07) is 2.08. The Morgan fingerprint density at radius 3 is 2.48 bits per heavy atom. The van der Waals surface area contributed by atoms with Gasteiger partial charge in [-0.05, 0) is 26.8 Å². The Hall–Kier alpha value is -0.690. The molecule has 21 heavy (non-hydrogen) atoms. The van der Waals surface area contributed by atoms with Crippen molar-refractivity contribution in [2.45, 2.75) is 58.1 Å². The van der Waals surface area contributed by atoms with E-state index in [0.29, 0.717) is 24.0 Å². The van der Waals surface area contributed by atoms with E-state index in [1.165, 1.54) is 15.6 Å². The maximum atomic E-state index is 12.8. The molecule has 0 amide bonds. The van der Waals surface area contributed by atoms with E-state index in [9.17, 15) is 8.42 Å². The van der Waals surface area contributed by atoms with Crippen molar-refractivity contribution in [1.82, 2.24) is 9.62 Å². The van der Waals surface area contributed by atoms with E-state index in [1.54, 1.807) is 12.1 Å². The highest BCUT2D eigenvalue weighted by atomic mass is 32.2. The molecular weight excluding hydrogens is 304 g/mol. The third kappa shape index (κ3) is 4.64. The monoisotopic (exact) mass is 330 g/mol. The first-order chi connectivity index (χ1) is 9.70. The number of aryl methyl sites for hydroxylation is 1. The van der Waals surface area contributed by atoms with Crippen molar-refractivity contribution in [2.24, 2.45) is 0 Å². The molecule has 1 aromatic heterocycles. The molecule has 120 valence electrons. The van der Waals surface area contributed by atoms with E-state index in [0.717, 1.165) is 9.75 Å². The van der Waals surface area contributed by atoms with Crippen molar-refractivity contribution in [2.75, 3.05) is 6.54 Å². The van der Waals surface area contributed by atoms with Gasteiger partial charge in [0, 0.05) is 34.9 Å². The van der Waals surface area contributed by atoms with Gasteiger partial charge >= 0.3 is 0 Å². The zero-order valence-corrected chi connectivity index (χ0v) is 15.1. The predicted molar refractivity (Wildman–Crippen MR) is 90.3 cm³/mol. The predicted octanol–water partition coefficient (Wildman–Crippen LogP) is 3.14. The van der Waals surface area contributed by atoms with Crippen LogP contribution in [0.2, 0.25) is 0 Å². The van der Waals surface area contributed by atoms with Crippen LogP contribution < -0.4 is 5.32 Å². The Kier molecular flexibility index (Phi) is 6.59. The summed E-state index contributed by atoms with van der Waals surface area (Å²) < 4.78 is 27.1. The van der Waals surface area contributed by atoms with Crippen LogP contribution in [0.25, 0.3) is 0 Å². The molecule has 0 spiro atoms. The van der Waals surface area contributed by atoms with Crippen LogP contribution in [0.5, 0.6) is 0 Å². The molecule has 0 aliphatic heterocycles. The first kappa shape index (κ1) is 18.4. The van der Waals surface area contributed by atoms with E-state index in [-0.39, 0.29) is 6.04 Å². The van der Waals surface area contributed by atoms with Crippen LogP contribution in [0.4, 0.5) is 0 Å². The molecule has 0 fully saturated rings. The average Bonchev–Trinajstić information content (AvgIpc) is 2.75. The fourth-order valence-electron chi connectivity index (χ4n) is 2.01. The number of rotatable bonds is 8. The number of hydrogen-bond acceptors (Lipinski definition) is 4. The summed E-state index contributed by atoms with van der Waals surface area (Å²) in [5, 5.41) is 3.32. The van der Waals surface area contributed by atoms with Gasteiger partial charge in [0.25, 0.3) is 0 Å². The van der Waals surface area contributed by atoms with Crippen LogP contribution in [0, 0.1) is 6.92 Å². The fraction of sp³-hybridized carbons (Fsp3) is 0.600. The molecule has 1 heterocycles. The molecular formula is C15H26N2O2S2. The average molecular weight is 331 g/mol. The highest BCUT2D eigenvalue weighted by molar-refractivity contribution is 7.89. The Bertz CT molecular complexity index is 574. The van der Waals surface area contributed by atoms with Crippen LogP contribution in [0.1, 0.15) is 37.4 Å². The minimum absolute atomic E-state index is 0.0930. The van der Waals surface area contributed by atoms with Gasteiger partial charge in [0.2, 0.25) is 10.0 Å². The third-order valence-electron chi connectivity index (χ3n) is 3.08. The molecule has 6 heteroatoms. The lowest BCUT2D eigenvalue weighted by atomic mass is 10.3. The number of nitrogens with zero attached hydrogens (tertiary/aromatic N) is 1. The summed E-state index contributed by atoms with van der Waals surface area (Å²) in [4.78, 5) is 2.30. The Labute approximate surface area is 132 Å². The quantitative estimate of drug-likeness (QED) is 0.745. The Morgan fingerprint density at radius 1 is 1.38 bits per heavy atom. The van der Waals surface area contributed by atoms with Crippen LogP contribution in [0.15, 0.2) is 23.6 Å². The molecule has 0 radical (unpaired) electrons. The van der Waals surface area contributed by atoms with Gasteiger partial charge in [-0.2, -0.15) is 4.31 Å². The smallest absolute Gasteiger partial charge is 0.244 e. The van der Waals surface area contributed by atoms with Crippen molar-refractivity contribution in [3.8, 4) is 0 Å². The second kappa shape index (κ2) is 7.54. The van der Waals surface area contributed by atoms with Gasteiger partial charge in [-0.3, -0.25) is 0 Å². The highest BCUT2D eigenvalue weighted by Gasteiger charge is 2.28. The summed E-state index contributed by atoms with van der Waals surface area (Å²) in [6.07, 6.45) is 1.63. The minimum Gasteiger partial charge on any atom is -0.310 e. The molecule has 0 aromatic carbocycles. The molecule has 0 aliphatic carbocycles. The summed E-state index contributed by atoms with van der Waals surface area (Å²) in [6.45, 7) is 14.4. The molecule has 0 aliphatic rings. The SMILES string of the molecule is C=CCN(C(C)C)S(=O)(=O)c1cc(CNC(C)C)sc1C. The molecule has 0 unspecified atom stereocenters. The van der Waals surface area contributed by atoms with E-state index < -0.39 is 10.0 Å². The topological polar surface area (TPSA) is 49.4 Å². The van der Waals surface area contributed by atoms with Crippen LogP contribution in [-0.4, -0.2) is 31.4 Å². The van der Waals surface area contributed by atoms with E-state index in [4.69, 9.17) is 0 Å². The van der Waals surface area contributed by atoms with Crippen molar-refractivity contribution < 1.29 is 8.42 Å². The first-order valence-electron chi connectivity index (χ1n) is 7.15. The first-order valence-corrected chi connectivity index (χ1v) is 9.41. The maximum absolute atomic E-state index is 12.8. The largest absolute Gasteiger partial charge is 0.310 e. The van der Waals surface area contributed by atoms with E-state index >= 15 is 0 Å². The molecule has 1 aromatic rings. The molecule has 1 N–H and O–H groups in total. The van der Waals surface area contributed by atoms with Crippen LogP contribution in [-0.2, 0) is 16.6 Å². The van der Waals surface area contributed by atoms with Crippen LogP contribution in [0.3, 0.4) is 0 Å². The summed E-state index contributed by atoms with van der Waals surface area (Å²) in [5.41, 5.74) is 0. The van der Waals surface area contributed by atoms with Gasteiger partial charge in [-0.25, -0.2) is 8.42 Å². The summed E-state index contributed by atoms with van der Waals surface area (Å²) >= 11 is 1.54. The number of sulfonamides is 1. The molecule has 1 rings (SSSR count). The third-order valence-corrected chi connectivity index (χ3v) is 6.43. The van der Waals surface area contributed by atoms with Gasteiger partial charge in [-0.1, -0.05) is 19.9 Å². The van der Waals surface area contributed by atoms with Gasteiger partial charge in [0.05, 0.1) is 4.90 Å². The van der Waals surface area contributed by atoms with E-state index in [2.05, 4.69) is 25.7 Å². The minimum atomic E-state index is -3.47. The van der Waals surface area contributed by atoms with Gasteiger partial charge in [0.15, 0.2) is 0 Å².